The van der Waals surface area contributed by atoms with Crippen LogP contribution in [0.3, 0.4) is 0 Å². The number of nitrogens with one attached hydrogen (secondary N) is 1. The molecular weight excluding hydrogens is 190 g/mol. The van der Waals surface area contributed by atoms with E-state index in [1.54, 1.807) is 0 Å². The highest BCUT2D eigenvalue weighted by Gasteiger charge is 2.00. The molecule has 0 saturated carbocycles. The fourth-order valence-corrected chi connectivity index (χ4v) is 1.28. The zero-order valence-corrected chi connectivity index (χ0v) is 10.2. The average molecular weight is 217 g/mol. The van der Waals surface area contributed by atoms with Gasteiger partial charge in [-0.2, -0.15) is 0 Å². The SMILES string of the molecule is CN(CCN)CCN(C)CCNCCN. The molecule has 0 unspecified atom stereocenters. The summed E-state index contributed by atoms with van der Waals surface area (Å²) in [6.45, 7) is 7.55. The predicted octanol–water partition coefficient (Wildman–Crippen LogP) is -1.64. The Morgan fingerprint density at radius 2 is 1.40 bits per heavy atom. The third-order valence-electron chi connectivity index (χ3n) is 2.37. The molecule has 5 nitrogen and oxygen atoms in total. The van der Waals surface area contributed by atoms with Crippen molar-refractivity contribution in [2.45, 2.75) is 0 Å². The summed E-state index contributed by atoms with van der Waals surface area (Å²) in [5.41, 5.74) is 10.9. The van der Waals surface area contributed by atoms with Gasteiger partial charge in [0.1, 0.15) is 0 Å². The number of nitrogens with two attached hydrogens (primary N) is 2. The first-order chi connectivity index (χ1) is 7.20. The van der Waals surface area contributed by atoms with Crippen molar-refractivity contribution in [1.82, 2.24) is 15.1 Å². The first kappa shape index (κ1) is 14.8. The van der Waals surface area contributed by atoms with E-state index in [4.69, 9.17) is 11.5 Å². The average Bonchev–Trinajstić information content (AvgIpc) is 2.22. The van der Waals surface area contributed by atoms with Crippen LogP contribution in [-0.2, 0) is 0 Å². The minimum Gasteiger partial charge on any atom is -0.329 e. The van der Waals surface area contributed by atoms with Gasteiger partial charge in [0, 0.05) is 52.4 Å². The Morgan fingerprint density at radius 3 is 1.93 bits per heavy atom. The van der Waals surface area contributed by atoms with Gasteiger partial charge in [0.15, 0.2) is 0 Å². The molecule has 0 atom stereocenters. The number of likely N-dealkylation sites (N-methyl/N-ethyl adjacent to an activating group) is 2. The van der Waals surface area contributed by atoms with Crippen molar-refractivity contribution in [1.29, 1.82) is 0 Å². The van der Waals surface area contributed by atoms with Crippen molar-refractivity contribution in [3.8, 4) is 0 Å². The van der Waals surface area contributed by atoms with Gasteiger partial charge in [-0.15, -0.1) is 0 Å². The third kappa shape index (κ3) is 10.1. The van der Waals surface area contributed by atoms with Crippen LogP contribution in [0, 0.1) is 0 Å². The molecule has 0 amide bonds. The molecule has 0 heterocycles. The Bertz CT molecular complexity index is 131. The molecule has 0 bridgehead atoms. The molecule has 0 rings (SSSR count). The zero-order valence-electron chi connectivity index (χ0n) is 10.2. The lowest BCUT2D eigenvalue weighted by molar-refractivity contribution is 0.260. The smallest absolute Gasteiger partial charge is 0.0107 e. The molecule has 5 N–H and O–H groups in total. The van der Waals surface area contributed by atoms with Crippen molar-refractivity contribution in [2.75, 3.05) is 66.5 Å². The van der Waals surface area contributed by atoms with E-state index in [0.717, 1.165) is 45.8 Å². The highest BCUT2D eigenvalue weighted by molar-refractivity contribution is 4.59. The second-order valence-electron chi connectivity index (χ2n) is 3.93. The lowest BCUT2D eigenvalue weighted by Gasteiger charge is -2.21. The molecule has 5 heteroatoms. The maximum atomic E-state index is 5.47. The quantitative estimate of drug-likeness (QED) is 0.383. The number of hydrogen-bond acceptors (Lipinski definition) is 5. The highest BCUT2D eigenvalue weighted by Crippen LogP contribution is 1.85. The van der Waals surface area contributed by atoms with Crippen LogP contribution in [0.15, 0.2) is 0 Å². The van der Waals surface area contributed by atoms with Crippen LogP contribution in [0.1, 0.15) is 0 Å². The summed E-state index contributed by atoms with van der Waals surface area (Å²) in [5, 5.41) is 3.28. The fraction of sp³-hybridized carbons (Fsp3) is 1.00. The predicted molar refractivity (Wildman–Crippen MR) is 66.0 cm³/mol. The molecule has 0 saturated heterocycles. The molecule has 0 aromatic heterocycles. The standard InChI is InChI=1S/C10H27N5/c1-14(7-4-12)9-10-15(2)8-6-13-5-3-11/h13H,3-12H2,1-2H3. The molecule has 15 heavy (non-hydrogen) atoms. The summed E-state index contributed by atoms with van der Waals surface area (Å²) in [6.07, 6.45) is 0. The first-order valence-corrected chi connectivity index (χ1v) is 5.68. The fourth-order valence-electron chi connectivity index (χ4n) is 1.28. The van der Waals surface area contributed by atoms with Gasteiger partial charge in [-0.1, -0.05) is 0 Å². The van der Waals surface area contributed by atoms with Gasteiger partial charge in [0.2, 0.25) is 0 Å². The van der Waals surface area contributed by atoms with Crippen LogP contribution < -0.4 is 16.8 Å². The van der Waals surface area contributed by atoms with Crippen LogP contribution in [-0.4, -0.2) is 76.3 Å². The van der Waals surface area contributed by atoms with E-state index >= 15 is 0 Å². The van der Waals surface area contributed by atoms with Crippen LogP contribution >= 0.6 is 0 Å². The maximum Gasteiger partial charge on any atom is 0.0107 e. The highest BCUT2D eigenvalue weighted by atomic mass is 15.2. The summed E-state index contributed by atoms with van der Waals surface area (Å²) >= 11 is 0. The van der Waals surface area contributed by atoms with Crippen molar-refractivity contribution < 1.29 is 0 Å². The van der Waals surface area contributed by atoms with Crippen LogP contribution in [0.2, 0.25) is 0 Å². The van der Waals surface area contributed by atoms with E-state index in [0.29, 0.717) is 6.54 Å². The molecule has 0 aromatic carbocycles. The van der Waals surface area contributed by atoms with Gasteiger partial charge in [-0.3, -0.25) is 0 Å². The van der Waals surface area contributed by atoms with Gasteiger partial charge >= 0.3 is 0 Å². The van der Waals surface area contributed by atoms with E-state index in [1.165, 1.54) is 0 Å². The Morgan fingerprint density at radius 1 is 0.800 bits per heavy atom. The molecule has 0 aliphatic rings. The van der Waals surface area contributed by atoms with E-state index < -0.39 is 0 Å². The molecule has 0 radical (unpaired) electrons. The Balaban J connectivity index is 3.28. The van der Waals surface area contributed by atoms with Crippen molar-refractivity contribution in [3.05, 3.63) is 0 Å². The van der Waals surface area contributed by atoms with Gasteiger partial charge in [0.05, 0.1) is 0 Å². The molecule has 0 aromatic rings. The normalized spacial score (nSPS) is 11.6. The minimum absolute atomic E-state index is 0.711. The lowest BCUT2D eigenvalue weighted by atomic mass is 10.4. The van der Waals surface area contributed by atoms with Crippen molar-refractivity contribution in [2.24, 2.45) is 11.5 Å². The largest absolute Gasteiger partial charge is 0.329 e. The third-order valence-corrected chi connectivity index (χ3v) is 2.37. The van der Waals surface area contributed by atoms with Crippen LogP contribution in [0.4, 0.5) is 0 Å². The minimum atomic E-state index is 0.711. The van der Waals surface area contributed by atoms with E-state index in [2.05, 4.69) is 29.2 Å². The summed E-state index contributed by atoms with van der Waals surface area (Å²) in [4.78, 5) is 4.57. The molecule has 0 fully saturated rings. The first-order valence-electron chi connectivity index (χ1n) is 5.68. The second-order valence-corrected chi connectivity index (χ2v) is 3.93. The van der Waals surface area contributed by atoms with E-state index in [9.17, 15) is 0 Å². The van der Waals surface area contributed by atoms with Crippen molar-refractivity contribution in [3.63, 3.8) is 0 Å². The number of hydrogen-bond donors (Lipinski definition) is 3. The Kier molecular flexibility index (Phi) is 10.2. The van der Waals surface area contributed by atoms with Gasteiger partial charge in [-0.05, 0) is 14.1 Å². The van der Waals surface area contributed by atoms with Crippen molar-refractivity contribution >= 4 is 0 Å². The molecule has 0 spiro atoms. The number of rotatable bonds is 10. The Labute approximate surface area is 93.8 Å². The van der Waals surface area contributed by atoms with Crippen LogP contribution in [0.5, 0.6) is 0 Å². The van der Waals surface area contributed by atoms with E-state index in [-0.39, 0.29) is 0 Å². The molecule has 92 valence electrons. The summed E-state index contributed by atoms with van der Waals surface area (Å²) < 4.78 is 0. The summed E-state index contributed by atoms with van der Waals surface area (Å²) in [5.74, 6) is 0. The molecular formula is C10H27N5. The van der Waals surface area contributed by atoms with Gasteiger partial charge in [-0.25, -0.2) is 0 Å². The van der Waals surface area contributed by atoms with Crippen LogP contribution in [0.25, 0.3) is 0 Å². The van der Waals surface area contributed by atoms with Gasteiger partial charge in [0.25, 0.3) is 0 Å². The monoisotopic (exact) mass is 217 g/mol. The van der Waals surface area contributed by atoms with Gasteiger partial charge < -0.3 is 26.6 Å². The molecule has 0 aliphatic heterocycles. The maximum absolute atomic E-state index is 5.47. The summed E-state index contributed by atoms with van der Waals surface area (Å²) in [6, 6.07) is 0. The second kappa shape index (κ2) is 10.3. The Hall–Kier alpha value is -0.200. The topological polar surface area (TPSA) is 70.5 Å². The number of nitrogens with zero attached hydrogens (tertiary/aromatic N) is 2. The summed E-state index contributed by atoms with van der Waals surface area (Å²) in [7, 11) is 4.24. The van der Waals surface area contributed by atoms with E-state index in [1.807, 2.05) is 0 Å². The zero-order chi connectivity index (χ0) is 11.5. The lowest BCUT2D eigenvalue weighted by Crippen LogP contribution is -2.37. The molecule has 0 aliphatic carbocycles.